The minimum atomic E-state index is -1.70. The van der Waals surface area contributed by atoms with Gasteiger partial charge in [-0.3, -0.25) is 4.79 Å². The van der Waals surface area contributed by atoms with Crippen LogP contribution in [0.5, 0.6) is 0 Å². The summed E-state index contributed by atoms with van der Waals surface area (Å²) >= 11 is 0. The van der Waals surface area contributed by atoms with Gasteiger partial charge >= 0.3 is 5.97 Å². The van der Waals surface area contributed by atoms with Crippen molar-refractivity contribution >= 4 is 5.97 Å². The Kier molecular flexibility index (Phi) is 30.8. The molecule has 2 aliphatic heterocycles. The molecule has 0 aliphatic carbocycles. The maximum Gasteiger partial charge on any atom is 0.306 e. The number of unbranched alkanes of at least 4 members (excludes halogenated alkanes) is 22. The number of carbonyl (C=O) groups excluding carboxylic acids is 1. The Morgan fingerprint density at radius 1 is 0.500 bits per heavy atom. The molecule has 0 aromatic heterocycles. The predicted octanol–water partition coefficient (Wildman–Crippen LogP) is 5.35. The second kappa shape index (κ2) is 33.6. The third-order valence-electron chi connectivity index (χ3n) is 11.4. The van der Waals surface area contributed by atoms with Crippen LogP contribution in [0.25, 0.3) is 0 Å². The van der Waals surface area contributed by atoms with Gasteiger partial charge in [-0.25, -0.2) is 0 Å². The van der Waals surface area contributed by atoms with Gasteiger partial charge in [0.15, 0.2) is 12.6 Å². The van der Waals surface area contributed by atoms with Gasteiger partial charge in [0.2, 0.25) is 0 Å². The smallest absolute Gasteiger partial charge is 0.306 e. The van der Waals surface area contributed by atoms with Gasteiger partial charge in [0.05, 0.1) is 26.4 Å². The van der Waals surface area contributed by atoms with Gasteiger partial charge in [-0.05, 0) is 12.8 Å². The third kappa shape index (κ3) is 22.2. The maximum atomic E-state index is 12.8. The molecule has 0 bridgehead atoms. The highest BCUT2D eigenvalue weighted by molar-refractivity contribution is 5.69. The van der Waals surface area contributed by atoms with Crippen LogP contribution in [0.4, 0.5) is 0 Å². The molecule has 0 radical (unpaired) electrons. The highest BCUT2D eigenvalue weighted by atomic mass is 16.7. The predicted molar refractivity (Wildman–Crippen MR) is 220 cm³/mol. The summed E-state index contributed by atoms with van der Waals surface area (Å²) in [5, 5.41) is 71.7. The van der Waals surface area contributed by atoms with Crippen molar-refractivity contribution in [1.29, 1.82) is 0 Å². The van der Waals surface area contributed by atoms with Crippen molar-refractivity contribution in [2.24, 2.45) is 0 Å². The van der Waals surface area contributed by atoms with Gasteiger partial charge in [0.25, 0.3) is 0 Å². The molecule has 58 heavy (non-hydrogen) atoms. The Hall–Kier alpha value is -1.01. The van der Waals surface area contributed by atoms with E-state index in [2.05, 4.69) is 13.8 Å². The molecule has 14 nitrogen and oxygen atoms in total. The lowest BCUT2D eigenvalue weighted by Gasteiger charge is -2.42. The van der Waals surface area contributed by atoms with Crippen molar-refractivity contribution in [2.45, 2.75) is 242 Å². The summed E-state index contributed by atoms with van der Waals surface area (Å²) < 4.78 is 34.1. The van der Waals surface area contributed by atoms with Gasteiger partial charge in [-0.2, -0.15) is 0 Å². The minimum absolute atomic E-state index is 0.0687. The minimum Gasteiger partial charge on any atom is -0.457 e. The summed E-state index contributed by atoms with van der Waals surface area (Å²) in [6.45, 7) is 3.66. The van der Waals surface area contributed by atoms with Gasteiger partial charge in [-0.15, -0.1) is 0 Å². The van der Waals surface area contributed by atoms with E-state index in [9.17, 15) is 40.5 Å². The first-order chi connectivity index (χ1) is 28.1. The highest BCUT2D eigenvalue weighted by Crippen LogP contribution is 2.26. The molecule has 14 heteroatoms. The molecular weight excluding hydrogens is 752 g/mol. The van der Waals surface area contributed by atoms with E-state index in [1.165, 1.54) is 109 Å². The molecule has 2 saturated heterocycles. The van der Waals surface area contributed by atoms with Crippen molar-refractivity contribution in [3.05, 3.63) is 0 Å². The zero-order valence-electron chi connectivity index (χ0n) is 36.1. The second-order valence-corrected chi connectivity index (χ2v) is 16.6. The number of ether oxygens (including phenoxy) is 6. The van der Waals surface area contributed by atoms with Crippen molar-refractivity contribution in [1.82, 2.24) is 0 Å². The van der Waals surface area contributed by atoms with E-state index in [0.29, 0.717) is 13.0 Å². The molecule has 344 valence electrons. The Bertz CT molecular complexity index is 975. The van der Waals surface area contributed by atoms with Crippen molar-refractivity contribution in [3.63, 3.8) is 0 Å². The summed E-state index contributed by atoms with van der Waals surface area (Å²) in [5.41, 5.74) is 0. The fourth-order valence-electron chi connectivity index (χ4n) is 7.52. The number of hydrogen-bond acceptors (Lipinski definition) is 14. The standard InChI is InChI=1S/C44H84O14/c1-3-5-7-9-11-12-13-14-15-16-17-18-19-20-22-24-26-28-53-30-33(56-36(46)27-25-23-21-10-8-6-4-2)31-54-43-42(52)40(50)38(48)35(58-43)32-55-44-41(51)39(49)37(47)34(29-45)57-44/h33-35,37-45,47-52H,3-32H2,1-2H3. The first kappa shape index (κ1) is 53.1. The number of aliphatic hydroxyl groups is 7. The fourth-order valence-corrected chi connectivity index (χ4v) is 7.52. The first-order valence-corrected chi connectivity index (χ1v) is 23.1. The number of carbonyl (C=O) groups is 1. The molecule has 2 heterocycles. The molecule has 0 saturated carbocycles. The molecule has 2 rings (SSSR count). The first-order valence-electron chi connectivity index (χ1n) is 23.1. The number of esters is 1. The summed E-state index contributed by atoms with van der Waals surface area (Å²) in [6, 6.07) is 0. The molecule has 0 aromatic carbocycles. The third-order valence-corrected chi connectivity index (χ3v) is 11.4. The number of rotatable bonds is 36. The largest absolute Gasteiger partial charge is 0.457 e. The Balaban J connectivity index is 1.75. The number of hydrogen-bond donors (Lipinski definition) is 7. The summed E-state index contributed by atoms with van der Waals surface area (Å²) in [7, 11) is 0. The van der Waals surface area contributed by atoms with E-state index in [4.69, 9.17) is 28.4 Å². The maximum absolute atomic E-state index is 12.8. The molecule has 0 amide bonds. The van der Waals surface area contributed by atoms with Gasteiger partial charge < -0.3 is 64.2 Å². The quantitative estimate of drug-likeness (QED) is 0.0313. The van der Waals surface area contributed by atoms with Crippen LogP contribution in [0, 0.1) is 0 Å². The summed E-state index contributed by atoms with van der Waals surface area (Å²) in [4.78, 5) is 12.8. The molecule has 0 aromatic rings. The van der Waals surface area contributed by atoms with E-state index in [0.717, 1.165) is 38.5 Å². The second-order valence-electron chi connectivity index (χ2n) is 16.6. The van der Waals surface area contributed by atoms with E-state index < -0.39 is 80.7 Å². The fraction of sp³-hybridized carbons (Fsp3) is 0.977. The van der Waals surface area contributed by atoms with Crippen molar-refractivity contribution < 1.29 is 69.0 Å². The zero-order valence-corrected chi connectivity index (χ0v) is 36.1. The number of aliphatic hydroxyl groups excluding tert-OH is 7. The lowest BCUT2D eigenvalue weighted by atomic mass is 9.98. The van der Waals surface area contributed by atoms with E-state index >= 15 is 0 Å². The Labute approximate surface area is 349 Å². The molecule has 11 atom stereocenters. The summed E-state index contributed by atoms with van der Waals surface area (Å²) in [6.07, 6.45) is 13.4. The Morgan fingerprint density at radius 2 is 0.914 bits per heavy atom. The lowest BCUT2D eigenvalue weighted by molar-refractivity contribution is -0.332. The van der Waals surface area contributed by atoms with E-state index in [1.807, 2.05) is 0 Å². The molecule has 0 spiro atoms. The molecule has 2 fully saturated rings. The van der Waals surface area contributed by atoms with Crippen LogP contribution in [0.1, 0.15) is 174 Å². The SMILES string of the molecule is CCCCCCCCCCCCCCCCCCCOCC(COC1OC(COC2OC(CO)C(O)C(O)C2O)C(O)C(O)C1O)OC(=O)CCCCCCCCC. The van der Waals surface area contributed by atoms with Crippen molar-refractivity contribution in [3.8, 4) is 0 Å². The van der Waals surface area contributed by atoms with Crippen LogP contribution < -0.4 is 0 Å². The van der Waals surface area contributed by atoms with Gasteiger partial charge in [-0.1, -0.05) is 155 Å². The van der Waals surface area contributed by atoms with E-state index in [1.54, 1.807) is 0 Å². The van der Waals surface area contributed by atoms with Crippen LogP contribution in [0.3, 0.4) is 0 Å². The molecule has 7 N–H and O–H groups in total. The lowest BCUT2D eigenvalue weighted by Crippen LogP contribution is -2.61. The van der Waals surface area contributed by atoms with Gasteiger partial charge in [0.1, 0.15) is 54.9 Å². The van der Waals surface area contributed by atoms with Crippen LogP contribution >= 0.6 is 0 Å². The molecular formula is C44H84O14. The van der Waals surface area contributed by atoms with Gasteiger partial charge in [0, 0.05) is 13.0 Å². The average Bonchev–Trinajstić information content (AvgIpc) is 3.22. The van der Waals surface area contributed by atoms with Crippen LogP contribution in [-0.2, 0) is 33.2 Å². The van der Waals surface area contributed by atoms with Crippen LogP contribution in [-0.4, -0.2) is 142 Å². The monoisotopic (exact) mass is 837 g/mol. The average molecular weight is 837 g/mol. The topological polar surface area (TPSA) is 214 Å². The zero-order chi connectivity index (χ0) is 42.4. The van der Waals surface area contributed by atoms with Crippen LogP contribution in [0.2, 0.25) is 0 Å². The Morgan fingerprint density at radius 3 is 1.40 bits per heavy atom. The summed E-state index contributed by atoms with van der Waals surface area (Å²) in [5.74, 6) is -0.380. The van der Waals surface area contributed by atoms with Crippen molar-refractivity contribution in [2.75, 3.05) is 33.0 Å². The van der Waals surface area contributed by atoms with E-state index in [-0.39, 0.29) is 25.6 Å². The normalized spacial score (nSPS) is 28.2. The van der Waals surface area contributed by atoms with Crippen LogP contribution in [0.15, 0.2) is 0 Å². The highest BCUT2D eigenvalue weighted by Gasteiger charge is 2.47. The molecule has 2 aliphatic rings. The molecule has 11 unspecified atom stereocenters.